The Labute approximate surface area is 97.5 Å². The Morgan fingerprint density at radius 2 is 2.07 bits per heavy atom. The summed E-state index contributed by atoms with van der Waals surface area (Å²) < 4.78 is 10.7. The van der Waals surface area contributed by atoms with E-state index in [1.165, 1.54) is 7.11 Å². The summed E-state index contributed by atoms with van der Waals surface area (Å²) in [6.07, 6.45) is 0.262. The van der Waals surface area contributed by atoms with Crippen LogP contribution in [0.2, 0.25) is 0 Å². The lowest BCUT2D eigenvalue weighted by Gasteiger charge is -2.09. The second-order valence-corrected chi connectivity index (χ2v) is 4.00. The highest BCUT2D eigenvalue weighted by Crippen LogP contribution is 2.26. The standard InChI is InChI=1S/C11H13BrO3/c1-7-8(5-11(13)15-3)4-9(14-2)6-10(7)12/h4,6H,5H2,1-3H3. The molecule has 1 aromatic rings. The Morgan fingerprint density at radius 3 is 2.60 bits per heavy atom. The molecule has 0 radical (unpaired) electrons. The molecule has 0 saturated heterocycles. The molecule has 1 rings (SSSR count). The molecule has 0 bridgehead atoms. The zero-order chi connectivity index (χ0) is 11.4. The van der Waals surface area contributed by atoms with Gasteiger partial charge in [0.15, 0.2) is 0 Å². The minimum Gasteiger partial charge on any atom is -0.497 e. The van der Waals surface area contributed by atoms with Crippen molar-refractivity contribution in [1.29, 1.82) is 0 Å². The fraction of sp³-hybridized carbons (Fsp3) is 0.364. The first-order chi connectivity index (χ1) is 7.08. The van der Waals surface area contributed by atoms with Gasteiger partial charge in [-0.1, -0.05) is 15.9 Å². The van der Waals surface area contributed by atoms with Crippen LogP contribution in [0.25, 0.3) is 0 Å². The zero-order valence-electron chi connectivity index (χ0n) is 8.96. The van der Waals surface area contributed by atoms with Gasteiger partial charge < -0.3 is 9.47 Å². The summed E-state index contributed by atoms with van der Waals surface area (Å²) >= 11 is 3.42. The highest BCUT2D eigenvalue weighted by atomic mass is 79.9. The van der Waals surface area contributed by atoms with E-state index in [1.54, 1.807) is 7.11 Å². The quantitative estimate of drug-likeness (QED) is 0.794. The van der Waals surface area contributed by atoms with Gasteiger partial charge >= 0.3 is 5.97 Å². The van der Waals surface area contributed by atoms with E-state index in [-0.39, 0.29) is 12.4 Å². The Bertz CT molecular complexity index is 374. The van der Waals surface area contributed by atoms with Crippen molar-refractivity contribution in [2.75, 3.05) is 14.2 Å². The van der Waals surface area contributed by atoms with Crippen LogP contribution in [0.4, 0.5) is 0 Å². The molecule has 4 heteroatoms. The molecule has 0 aliphatic rings. The number of methoxy groups -OCH3 is 2. The van der Waals surface area contributed by atoms with Gasteiger partial charge in [0.2, 0.25) is 0 Å². The van der Waals surface area contributed by atoms with Crippen LogP contribution in [0.5, 0.6) is 5.75 Å². The molecule has 0 aliphatic carbocycles. The number of hydrogen-bond acceptors (Lipinski definition) is 3. The zero-order valence-corrected chi connectivity index (χ0v) is 10.6. The van der Waals surface area contributed by atoms with Crippen molar-refractivity contribution < 1.29 is 14.3 Å². The first-order valence-corrected chi connectivity index (χ1v) is 5.27. The van der Waals surface area contributed by atoms with Crippen molar-refractivity contribution in [3.63, 3.8) is 0 Å². The predicted octanol–water partition coefficient (Wildman–Crippen LogP) is 2.48. The maximum Gasteiger partial charge on any atom is 0.309 e. The summed E-state index contributed by atoms with van der Waals surface area (Å²) in [5.41, 5.74) is 1.94. The largest absolute Gasteiger partial charge is 0.497 e. The number of esters is 1. The topological polar surface area (TPSA) is 35.5 Å². The molecule has 0 atom stereocenters. The van der Waals surface area contributed by atoms with Gasteiger partial charge in [0.1, 0.15) is 5.75 Å². The summed E-state index contributed by atoms with van der Waals surface area (Å²) in [6, 6.07) is 3.72. The fourth-order valence-corrected chi connectivity index (χ4v) is 1.72. The SMILES string of the molecule is COC(=O)Cc1cc(OC)cc(Br)c1C. The van der Waals surface area contributed by atoms with Crippen LogP contribution in [-0.2, 0) is 16.0 Å². The Balaban J connectivity index is 3.05. The summed E-state index contributed by atoms with van der Waals surface area (Å²) in [7, 11) is 2.98. The number of rotatable bonds is 3. The lowest BCUT2D eigenvalue weighted by atomic mass is 10.1. The van der Waals surface area contributed by atoms with E-state index >= 15 is 0 Å². The third kappa shape index (κ3) is 2.96. The molecule has 0 saturated carbocycles. The van der Waals surface area contributed by atoms with Gasteiger partial charge in [-0.3, -0.25) is 4.79 Å². The molecule has 0 spiro atoms. The van der Waals surface area contributed by atoms with E-state index in [0.29, 0.717) is 0 Å². The number of ether oxygens (including phenoxy) is 2. The average Bonchev–Trinajstić information content (AvgIpc) is 2.24. The maximum absolute atomic E-state index is 11.2. The molecule has 0 fully saturated rings. The maximum atomic E-state index is 11.2. The highest BCUT2D eigenvalue weighted by molar-refractivity contribution is 9.10. The Kier molecular flexibility index (Phi) is 4.15. The van der Waals surface area contributed by atoms with Crippen molar-refractivity contribution in [3.05, 3.63) is 27.7 Å². The van der Waals surface area contributed by atoms with Crippen LogP contribution in [0.1, 0.15) is 11.1 Å². The van der Waals surface area contributed by atoms with Gasteiger partial charge in [0, 0.05) is 4.47 Å². The lowest BCUT2D eigenvalue weighted by Crippen LogP contribution is -2.06. The summed E-state index contributed by atoms with van der Waals surface area (Å²) in [5.74, 6) is 0.477. The molecule has 0 amide bonds. The van der Waals surface area contributed by atoms with E-state index in [0.717, 1.165) is 21.3 Å². The number of carbonyl (C=O) groups excluding carboxylic acids is 1. The third-order valence-corrected chi connectivity index (χ3v) is 3.05. The smallest absolute Gasteiger partial charge is 0.309 e. The number of hydrogen-bond donors (Lipinski definition) is 0. The fourth-order valence-electron chi connectivity index (χ4n) is 1.24. The summed E-state index contributed by atoms with van der Waals surface area (Å²) in [5, 5.41) is 0. The Hall–Kier alpha value is -1.03. The van der Waals surface area contributed by atoms with Crippen molar-refractivity contribution in [3.8, 4) is 5.75 Å². The second kappa shape index (κ2) is 5.16. The van der Waals surface area contributed by atoms with Crippen molar-refractivity contribution in [1.82, 2.24) is 0 Å². The predicted molar refractivity (Wildman–Crippen MR) is 61.2 cm³/mol. The molecule has 3 nitrogen and oxygen atoms in total. The molecular weight excluding hydrogens is 260 g/mol. The van der Waals surface area contributed by atoms with Crippen molar-refractivity contribution >= 4 is 21.9 Å². The van der Waals surface area contributed by atoms with Crippen LogP contribution in [0, 0.1) is 6.92 Å². The molecule has 0 N–H and O–H groups in total. The molecule has 0 aliphatic heterocycles. The molecule has 82 valence electrons. The minimum absolute atomic E-state index is 0.252. The second-order valence-electron chi connectivity index (χ2n) is 3.15. The minimum atomic E-state index is -0.252. The highest BCUT2D eigenvalue weighted by Gasteiger charge is 2.10. The molecule has 1 aromatic carbocycles. The van der Waals surface area contributed by atoms with Gasteiger partial charge in [0.25, 0.3) is 0 Å². The van der Waals surface area contributed by atoms with Gasteiger partial charge in [-0.25, -0.2) is 0 Å². The van der Waals surface area contributed by atoms with Crippen molar-refractivity contribution in [2.24, 2.45) is 0 Å². The van der Waals surface area contributed by atoms with E-state index in [2.05, 4.69) is 20.7 Å². The van der Waals surface area contributed by atoms with Gasteiger partial charge in [-0.2, -0.15) is 0 Å². The van der Waals surface area contributed by atoms with E-state index in [4.69, 9.17) is 4.74 Å². The summed E-state index contributed by atoms with van der Waals surface area (Å²) in [4.78, 5) is 11.2. The van der Waals surface area contributed by atoms with E-state index < -0.39 is 0 Å². The van der Waals surface area contributed by atoms with Crippen LogP contribution in [0.3, 0.4) is 0 Å². The molecule has 0 heterocycles. The molecular formula is C11H13BrO3. The van der Waals surface area contributed by atoms with Crippen LogP contribution < -0.4 is 4.74 Å². The van der Waals surface area contributed by atoms with E-state index in [9.17, 15) is 4.79 Å². The van der Waals surface area contributed by atoms with Crippen molar-refractivity contribution in [2.45, 2.75) is 13.3 Å². The number of halogens is 1. The lowest BCUT2D eigenvalue weighted by molar-refractivity contribution is -0.139. The van der Waals surface area contributed by atoms with Crippen LogP contribution in [0.15, 0.2) is 16.6 Å². The van der Waals surface area contributed by atoms with E-state index in [1.807, 2.05) is 19.1 Å². The molecule has 15 heavy (non-hydrogen) atoms. The third-order valence-electron chi connectivity index (χ3n) is 2.22. The van der Waals surface area contributed by atoms with Gasteiger partial charge in [0.05, 0.1) is 20.6 Å². The van der Waals surface area contributed by atoms with Gasteiger partial charge in [-0.15, -0.1) is 0 Å². The first-order valence-electron chi connectivity index (χ1n) is 4.48. The monoisotopic (exact) mass is 272 g/mol. The Morgan fingerprint density at radius 1 is 1.40 bits per heavy atom. The normalized spacial score (nSPS) is 9.87. The molecule has 0 unspecified atom stereocenters. The van der Waals surface area contributed by atoms with Crippen LogP contribution >= 0.6 is 15.9 Å². The van der Waals surface area contributed by atoms with Crippen LogP contribution in [-0.4, -0.2) is 20.2 Å². The molecule has 0 aromatic heterocycles. The summed E-state index contributed by atoms with van der Waals surface area (Å²) in [6.45, 7) is 1.95. The average molecular weight is 273 g/mol. The number of benzene rings is 1. The number of carbonyl (C=O) groups is 1. The van der Waals surface area contributed by atoms with Gasteiger partial charge in [-0.05, 0) is 30.2 Å². The first kappa shape index (κ1) is 12.0.